The van der Waals surface area contributed by atoms with Gasteiger partial charge in [0.2, 0.25) is 5.91 Å². The van der Waals surface area contributed by atoms with Crippen molar-refractivity contribution in [2.24, 2.45) is 5.92 Å². The van der Waals surface area contributed by atoms with Gasteiger partial charge in [-0.3, -0.25) is 19.7 Å². The molecule has 2 aromatic rings. The lowest BCUT2D eigenvalue weighted by atomic mass is 10.0. The maximum atomic E-state index is 13.0. The lowest BCUT2D eigenvalue weighted by Gasteiger charge is -2.22. The predicted molar refractivity (Wildman–Crippen MR) is 107 cm³/mol. The molecule has 3 N–H and O–H groups in total. The van der Waals surface area contributed by atoms with Gasteiger partial charge in [0.25, 0.3) is 11.6 Å². The molecule has 0 saturated carbocycles. The van der Waals surface area contributed by atoms with Gasteiger partial charge in [0.05, 0.1) is 4.92 Å². The minimum Gasteiger partial charge on any atom is -0.378 e. The second kappa shape index (κ2) is 10.2. The number of rotatable bonds is 9. The number of nitrogens with one attached hydrogen (secondary N) is 3. The topological polar surface area (TPSA) is 113 Å². The zero-order valence-corrected chi connectivity index (χ0v) is 16.1. The van der Waals surface area contributed by atoms with Gasteiger partial charge in [-0.25, -0.2) is 4.39 Å². The quantitative estimate of drug-likeness (QED) is 0.339. The van der Waals surface area contributed by atoms with Gasteiger partial charge in [-0.1, -0.05) is 26.0 Å². The number of amides is 2. The fourth-order valence-corrected chi connectivity index (χ4v) is 2.64. The predicted octanol–water partition coefficient (Wildman–Crippen LogP) is 2.72. The second-order valence-corrected chi connectivity index (χ2v) is 6.69. The molecule has 1 atom stereocenters. The molecule has 9 heteroatoms. The van der Waals surface area contributed by atoms with Gasteiger partial charge < -0.3 is 16.0 Å². The number of carbonyl (C=O) groups is 2. The summed E-state index contributed by atoms with van der Waals surface area (Å²) in [4.78, 5) is 35.3. The van der Waals surface area contributed by atoms with E-state index in [-0.39, 0.29) is 36.2 Å². The monoisotopic (exact) mass is 402 g/mol. The number of hydrogen-bond donors (Lipinski definition) is 3. The first-order valence-corrected chi connectivity index (χ1v) is 9.11. The molecule has 0 aromatic heterocycles. The van der Waals surface area contributed by atoms with Crippen molar-refractivity contribution < 1.29 is 18.9 Å². The van der Waals surface area contributed by atoms with Crippen molar-refractivity contribution in [2.45, 2.75) is 19.9 Å². The third kappa shape index (κ3) is 6.27. The Bertz CT molecular complexity index is 871. The van der Waals surface area contributed by atoms with E-state index in [2.05, 4.69) is 16.0 Å². The summed E-state index contributed by atoms with van der Waals surface area (Å²) in [5, 5.41) is 19.3. The zero-order valence-electron chi connectivity index (χ0n) is 16.1. The Morgan fingerprint density at radius 1 is 1.07 bits per heavy atom. The SMILES string of the molecule is CC(C)[C@H](NC(=O)c1ccc(F)cc1)C(=O)NCCNc1ccccc1[N+](=O)[O-]. The van der Waals surface area contributed by atoms with E-state index in [1.54, 1.807) is 32.0 Å². The first-order chi connectivity index (χ1) is 13.8. The van der Waals surface area contributed by atoms with Crippen LogP contribution in [0.4, 0.5) is 15.8 Å². The molecule has 2 amide bonds. The number of hydrogen-bond acceptors (Lipinski definition) is 5. The van der Waals surface area contributed by atoms with E-state index in [1.165, 1.54) is 30.3 Å². The first-order valence-electron chi connectivity index (χ1n) is 9.11. The van der Waals surface area contributed by atoms with Crippen molar-refractivity contribution in [3.63, 3.8) is 0 Å². The van der Waals surface area contributed by atoms with Crippen LogP contribution in [0, 0.1) is 21.8 Å². The molecule has 0 radical (unpaired) electrons. The van der Waals surface area contributed by atoms with Gasteiger partial charge in [-0.15, -0.1) is 0 Å². The minimum absolute atomic E-state index is 0.0505. The van der Waals surface area contributed by atoms with Gasteiger partial charge in [0.15, 0.2) is 0 Å². The number of anilines is 1. The standard InChI is InChI=1S/C20H23FN4O4/c1-13(2)18(24-19(26)14-7-9-15(21)10-8-14)20(27)23-12-11-22-16-5-3-4-6-17(16)25(28)29/h3-10,13,18,22H,11-12H2,1-2H3,(H,23,27)(H,24,26)/t18-/m0/s1. The van der Waals surface area contributed by atoms with E-state index in [9.17, 15) is 24.1 Å². The van der Waals surface area contributed by atoms with Crippen molar-refractivity contribution in [1.82, 2.24) is 10.6 Å². The van der Waals surface area contributed by atoms with Gasteiger partial charge in [0.1, 0.15) is 17.5 Å². The van der Waals surface area contributed by atoms with Crippen molar-refractivity contribution in [3.8, 4) is 0 Å². The maximum Gasteiger partial charge on any atom is 0.292 e. The summed E-state index contributed by atoms with van der Waals surface area (Å²) in [5.74, 6) is -1.48. The van der Waals surface area contributed by atoms with Gasteiger partial charge >= 0.3 is 0 Å². The highest BCUT2D eigenvalue weighted by Gasteiger charge is 2.24. The van der Waals surface area contributed by atoms with Crippen LogP contribution in [0.5, 0.6) is 0 Å². The molecule has 154 valence electrons. The van der Waals surface area contributed by atoms with Crippen molar-refractivity contribution in [3.05, 3.63) is 70.0 Å². The lowest BCUT2D eigenvalue weighted by molar-refractivity contribution is -0.384. The summed E-state index contributed by atoms with van der Waals surface area (Å²) in [7, 11) is 0. The number of nitro benzene ring substituents is 1. The zero-order chi connectivity index (χ0) is 21.4. The first kappa shape index (κ1) is 21.8. The summed E-state index contributed by atoms with van der Waals surface area (Å²) >= 11 is 0. The molecule has 0 aliphatic heterocycles. The van der Waals surface area contributed by atoms with Crippen LogP contribution in [0.2, 0.25) is 0 Å². The number of para-hydroxylation sites is 2. The summed E-state index contributed by atoms with van der Waals surface area (Å²) in [6.07, 6.45) is 0. The van der Waals surface area contributed by atoms with E-state index in [0.717, 1.165) is 0 Å². The number of benzene rings is 2. The average molecular weight is 402 g/mol. The largest absolute Gasteiger partial charge is 0.378 e. The molecule has 0 saturated heterocycles. The van der Waals surface area contributed by atoms with Crippen LogP contribution in [0.1, 0.15) is 24.2 Å². The Kier molecular flexibility index (Phi) is 7.64. The second-order valence-electron chi connectivity index (χ2n) is 6.69. The van der Waals surface area contributed by atoms with E-state index < -0.39 is 22.7 Å². The van der Waals surface area contributed by atoms with Crippen molar-refractivity contribution in [1.29, 1.82) is 0 Å². The van der Waals surface area contributed by atoms with Crippen LogP contribution < -0.4 is 16.0 Å². The van der Waals surface area contributed by atoms with Crippen molar-refractivity contribution >= 4 is 23.2 Å². The number of nitro groups is 1. The summed E-state index contributed by atoms with van der Waals surface area (Å²) in [5.41, 5.74) is 0.560. The van der Waals surface area contributed by atoms with E-state index in [1.807, 2.05) is 0 Å². The van der Waals surface area contributed by atoms with Gasteiger partial charge in [0, 0.05) is 24.7 Å². The van der Waals surface area contributed by atoms with Crippen LogP contribution in [-0.2, 0) is 4.79 Å². The molecule has 2 aromatic carbocycles. The molecular weight excluding hydrogens is 379 g/mol. The molecule has 0 aliphatic carbocycles. The Labute approximate surface area is 167 Å². The number of nitrogens with zero attached hydrogens (tertiary/aromatic N) is 1. The third-order valence-electron chi connectivity index (χ3n) is 4.18. The van der Waals surface area contributed by atoms with Crippen LogP contribution in [0.15, 0.2) is 48.5 Å². The summed E-state index contributed by atoms with van der Waals surface area (Å²) in [6.45, 7) is 4.06. The molecular formula is C20H23FN4O4. The molecule has 0 heterocycles. The van der Waals surface area contributed by atoms with Gasteiger partial charge in [-0.05, 0) is 36.2 Å². The summed E-state index contributed by atoms with van der Waals surface area (Å²) in [6, 6.07) is 10.5. The Balaban J connectivity index is 1.89. The average Bonchev–Trinajstić information content (AvgIpc) is 2.69. The molecule has 2 rings (SSSR count). The van der Waals surface area contributed by atoms with Crippen molar-refractivity contribution in [2.75, 3.05) is 18.4 Å². The molecule has 0 aliphatic rings. The van der Waals surface area contributed by atoms with E-state index >= 15 is 0 Å². The highest BCUT2D eigenvalue weighted by Crippen LogP contribution is 2.22. The lowest BCUT2D eigenvalue weighted by Crippen LogP contribution is -2.50. The van der Waals surface area contributed by atoms with Crippen LogP contribution in [0.25, 0.3) is 0 Å². The fraction of sp³-hybridized carbons (Fsp3) is 0.300. The third-order valence-corrected chi connectivity index (χ3v) is 4.18. The van der Waals surface area contributed by atoms with Crippen LogP contribution >= 0.6 is 0 Å². The summed E-state index contributed by atoms with van der Waals surface area (Å²) < 4.78 is 13.0. The maximum absolute atomic E-state index is 13.0. The Morgan fingerprint density at radius 3 is 2.34 bits per heavy atom. The highest BCUT2D eigenvalue weighted by atomic mass is 19.1. The number of carbonyl (C=O) groups excluding carboxylic acids is 2. The Hall–Kier alpha value is -3.49. The van der Waals surface area contributed by atoms with E-state index in [4.69, 9.17) is 0 Å². The molecule has 0 unspecified atom stereocenters. The minimum atomic E-state index is -0.779. The van der Waals surface area contributed by atoms with Crippen LogP contribution in [0.3, 0.4) is 0 Å². The number of halogens is 1. The molecule has 0 spiro atoms. The normalized spacial score (nSPS) is 11.6. The highest BCUT2D eigenvalue weighted by molar-refractivity contribution is 5.97. The van der Waals surface area contributed by atoms with Crippen LogP contribution in [-0.4, -0.2) is 35.9 Å². The fourth-order valence-electron chi connectivity index (χ4n) is 2.64. The smallest absolute Gasteiger partial charge is 0.292 e. The molecule has 0 bridgehead atoms. The van der Waals surface area contributed by atoms with Gasteiger partial charge in [-0.2, -0.15) is 0 Å². The Morgan fingerprint density at radius 2 is 1.72 bits per heavy atom. The molecule has 8 nitrogen and oxygen atoms in total. The molecule has 29 heavy (non-hydrogen) atoms. The van der Waals surface area contributed by atoms with E-state index in [0.29, 0.717) is 5.69 Å². The molecule has 0 fully saturated rings.